The quantitative estimate of drug-likeness (QED) is 0.0203. The second-order valence-electron chi connectivity index (χ2n) is 16.8. The van der Waals surface area contributed by atoms with Crippen molar-refractivity contribution in [3.8, 4) is 0 Å². The van der Waals surface area contributed by atoms with Crippen molar-refractivity contribution < 1.29 is 57.1 Å². The van der Waals surface area contributed by atoms with Crippen molar-refractivity contribution in [1.82, 2.24) is 0 Å². The van der Waals surface area contributed by atoms with Crippen LogP contribution in [0.4, 0.5) is 0 Å². The van der Waals surface area contributed by atoms with Gasteiger partial charge >= 0.3 is 11.9 Å². The van der Waals surface area contributed by atoms with E-state index in [1.807, 2.05) is 33.3 Å². The van der Waals surface area contributed by atoms with E-state index in [-0.39, 0.29) is 44.2 Å². The van der Waals surface area contributed by atoms with E-state index in [9.17, 15) is 34.1 Å². The molecule has 0 aromatic heterocycles. The van der Waals surface area contributed by atoms with E-state index in [0.717, 1.165) is 70.6 Å². The lowest BCUT2D eigenvalue weighted by Crippen LogP contribution is -2.37. The number of quaternary nitrogens is 1. The fourth-order valence-corrected chi connectivity index (χ4v) is 7.18. The van der Waals surface area contributed by atoms with Crippen LogP contribution in [0.5, 0.6) is 0 Å². The third-order valence-electron chi connectivity index (χ3n) is 10.1. The van der Waals surface area contributed by atoms with Crippen molar-refractivity contribution in [2.45, 2.75) is 154 Å². The zero-order valence-electron chi connectivity index (χ0n) is 38.0. The highest BCUT2D eigenvalue weighted by atomic mass is 31.2. The van der Waals surface area contributed by atoms with E-state index in [4.69, 9.17) is 18.5 Å². The molecule has 348 valence electrons. The number of nitrogens with zero attached hydrogens (tertiary/aromatic N) is 1. The number of aliphatic hydroxyl groups is 2. The van der Waals surface area contributed by atoms with Crippen LogP contribution in [0.25, 0.3) is 0 Å². The first-order valence-corrected chi connectivity index (χ1v) is 24.2. The number of phosphoric ester groups is 1. The maximum Gasteiger partial charge on any atom is 0.306 e. The molecule has 0 spiro atoms. The Morgan fingerprint density at radius 1 is 0.803 bits per heavy atom. The number of aliphatic hydroxyl groups excluding tert-OH is 2. The number of likely N-dealkylation sites (N-methyl/N-ethyl adjacent to an activating group) is 1. The summed E-state index contributed by atoms with van der Waals surface area (Å²) in [6, 6.07) is 0. The predicted octanol–water partition coefficient (Wildman–Crippen LogP) is 8.98. The molecule has 0 aromatic rings. The Morgan fingerprint density at radius 3 is 2.10 bits per heavy atom. The minimum Gasteiger partial charge on any atom is -0.756 e. The first-order chi connectivity index (χ1) is 29.2. The van der Waals surface area contributed by atoms with Crippen LogP contribution < -0.4 is 4.89 Å². The summed E-state index contributed by atoms with van der Waals surface area (Å²) in [4.78, 5) is 50.3. The number of carbonyl (C=O) groups excluding carboxylic acids is 3. The Morgan fingerprint density at radius 2 is 1.43 bits per heavy atom. The van der Waals surface area contributed by atoms with Crippen molar-refractivity contribution in [3.05, 3.63) is 72.9 Å². The monoisotopic (exact) mass is 878 g/mol. The average Bonchev–Trinajstić information content (AvgIpc) is 3.47. The van der Waals surface area contributed by atoms with Crippen LogP contribution in [0.1, 0.15) is 136 Å². The molecule has 0 amide bonds. The van der Waals surface area contributed by atoms with Gasteiger partial charge in [-0.05, 0) is 70.6 Å². The van der Waals surface area contributed by atoms with E-state index >= 15 is 0 Å². The number of Topliss-reactive ketones (excluding diaryl/α,β-unsaturated/α-hetero) is 1. The molecule has 1 saturated carbocycles. The molecule has 1 aliphatic rings. The second-order valence-corrected chi connectivity index (χ2v) is 18.2. The molecule has 1 fully saturated rings. The van der Waals surface area contributed by atoms with Gasteiger partial charge in [0.1, 0.15) is 25.5 Å². The van der Waals surface area contributed by atoms with Crippen LogP contribution in [0.3, 0.4) is 0 Å². The molecule has 6 atom stereocenters. The number of ether oxygens (including phenoxy) is 2. The smallest absolute Gasteiger partial charge is 0.306 e. The van der Waals surface area contributed by atoms with Gasteiger partial charge in [-0.25, -0.2) is 0 Å². The highest BCUT2D eigenvalue weighted by Crippen LogP contribution is 2.38. The molecular weight excluding hydrogens is 797 g/mol. The second kappa shape index (κ2) is 34.5. The Kier molecular flexibility index (Phi) is 31.7. The molecule has 0 radical (unpaired) electrons. The van der Waals surface area contributed by atoms with E-state index in [2.05, 4.69) is 62.5 Å². The van der Waals surface area contributed by atoms with E-state index < -0.39 is 50.6 Å². The third-order valence-corrected chi connectivity index (χ3v) is 11.1. The Balaban J connectivity index is 2.52. The standard InChI is InChI=1S/C48H80NO11P/c1-6-8-10-11-12-13-14-15-16-17-18-19-20-21-22-23-29-33-48(54)60-42(40-59-61(55,56)58-37-36-49(3,4)5)39-57-47(53)32-28-25-24-27-31-43-44(46(52)38-45(43)51)35-34-41(50)30-26-9-7-2/h8,10,12-13,15-16,18-19,24,27,34-35,41-45,50-51H,6-7,9,11,14,17,20-23,25-26,28-33,36-40H2,1-5H3/b10-8-,13-12-,16-15-,19-18-,27-24-,35-34+/t41-,42+,43+,44+,45-/m0/s1. The maximum absolute atomic E-state index is 12.7. The van der Waals surface area contributed by atoms with Gasteiger partial charge in [-0.15, -0.1) is 0 Å². The number of hydrogen-bond donors (Lipinski definition) is 2. The van der Waals surface area contributed by atoms with Gasteiger partial charge in [-0.3, -0.25) is 18.9 Å². The van der Waals surface area contributed by atoms with Gasteiger partial charge < -0.3 is 38.1 Å². The number of unbranched alkanes of at least 4 members (excludes halogenated alkanes) is 7. The van der Waals surface area contributed by atoms with Gasteiger partial charge in [0, 0.05) is 31.1 Å². The number of carbonyl (C=O) groups is 3. The SMILES string of the molecule is CC/C=C\C/C=C\C/C=C\C/C=C\CCCCCCC(=O)O[C@H](COC(=O)CCC/C=C\C[C@H]1[C@@H](O)CC(=O)[C@@H]1/C=C/[C@@H](O)CCCCC)COP(=O)([O-])OCC[N+](C)(C)C. The van der Waals surface area contributed by atoms with Crippen LogP contribution >= 0.6 is 7.82 Å². The number of rotatable bonds is 36. The largest absolute Gasteiger partial charge is 0.756 e. The summed E-state index contributed by atoms with van der Waals surface area (Å²) in [5.41, 5.74) is 0. The lowest BCUT2D eigenvalue weighted by Gasteiger charge is -2.28. The molecule has 2 N–H and O–H groups in total. The lowest BCUT2D eigenvalue weighted by atomic mass is 9.90. The minimum absolute atomic E-state index is 0.0327. The van der Waals surface area contributed by atoms with Gasteiger partial charge in [0.25, 0.3) is 7.82 Å². The number of hydrogen-bond acceptors (Lipinski definition) is 11. The molecule has 0 heterocycles. The zero-order chi connectivity index (χ0) is 45.2. The van der Waals surface area contributed by atoms with E-state index in [1.165, 1.54) is 0 Å². The Hall–Kier alpha value is -2.96. The number of allylic oxidation sites excluding steroid dienone is 11. The summed E-state index contributed by atoms with van der Waals surface area (Å²) in [5.74, 6) is -1.82. The van der Waals surface area contributed by atoms with Crippen molar-refractivity contribution in [3.63, 3.8) is 0 Å². The topological polar surface area (TPSA) is 169 Å². The van der Waals surface area contributed by atoms with Gasteiger partial charge in [-0.2, -0.15) is 0 Å². The van der Waals surface area contributed by atoms with Gasteiger partial charge in [-0.1, -0.05) is 119 Å². The molecule has 0 aliphatic heterocycles. The molecule has 12 nitrogen and oxygen atoms in total. The molecule has 0 bridgehead atoms. The molecular formula is C48H80NO11P. The first-order valence-electron chi connectivity index (χ1n) is 22.7. The van der Waals surface area contributed by atoms with Gasteiger partial charge in [0.2, 0.25) is 0 Å². The molecule has 1 rings (SSSR count). The van der Waals surface area contributed by atoms with Gasteiger partial charge in [0.05, 0.1) is 40.0 Å². The van der Waals surface area contributed by atoms with Crippen molar-refractivity contribution in [2.75, 3.05) is 47.5 Å². The van der Waals surface area contributed by atoms with Crippen LogP contribution in [-0.4, -0.2) is 98.2 Å². The molecule has 0 aromatic carbocycles. The minimum atomic E-state index is -4.70. The lowest BCUT2D eigenvalue weighted by molar-refractivity contribution is -0.870. The summed E-state index contributed by atoms with van der Waals surface area (Å²) < 4.78 is 33.8. The highest BCUT2D eigenvalue weighted by molar-refractivity contribution is 7.45. The maximum atomic E-state index is 12.7. The number of esters is 2. The van der Waals surface area contributed by atoms with Crippen molar-refractivity contribution in [1.29, 1.82) is 0 Å². The molecule has 61 heavy (non-hydrogen) atoms. The zero-order valence-corrected chi connectivity index (χ0v) is 38.9. The first kappa shape index (κ1) is 56.1. The number of phosphoric acid groups is 1. The normalized spacial score (nSPS) is 19.7. The fraction of sp³-hybridized carbons (Fsp3) is 0.688. The van der Waals surface area contributed by atoms with E-state index in [1.54, 1.807) is 12.2 Å². The van der Waals surface area contributed by atoms with Crippen LogP contribution in [0, 0.1) is 11.8 Å². The van der Waals surface area contributed by atoms with Gasteiger partial charge in [0.15, 0.2) is 6.10 Å². The third kappa shape index (κ3) is 31.5. The Labute approximate surface area is 368 Å². The Bertz CT molecular complexity index is 1430. The fourth-order valence-electron chi connectivity index (χ4n) is 6.45. The molecule has 0 saturated heterocycles. The van der Waals surface area contributed by atoms with Crippen molar-refractivity contribution in [2.24, 2.45) is 11.8 Å². The summed E-state index contributed by atoms with van der Waals surface area (Å²) in [6.07, 6.45) is 35.8. The molecule has 1 unspecified atom stereocenters. The highest BCUT2D eigenvalue weighted by Gasteiger charge is 2.39. The van der Waals surface area contributed by atoms with Crippen LogP contribution in [-0.2, 0) is 37.5 Å². The van der Waals surface area contributed by atoms with E-state index in [0.29, 0.717) is 43.1 Å². The van der Waals surface area contributed by atoms with Crippen molar-refractivity contribution >= 4 is 25.5 Å². The summed E-state index contributed by atoms with van der Waals surface area (Å²) in [5, 5.41) is 20.7. The molecule has 1 aliphatic carbocycles. The average molecular weight is 878 g/mol. The summed E-state index contributed by atoms with van der Waals surface area (Å²) in [7, 11) is 0.989. The predicted molar refractivity (Wildman–Crippen MR) is 241 cm³/mol. The molecule has 13 heteroatoms. The van der Waals surface area contributed by atoms with Crippen LogP contribution in [0.15, 0.2) is 72.9 Å². The van der Waals surface area contributed by atoms with Crippen LogP contribution in [0.2, 0.25) is 0 Å². The number of ketones is 1. The summed E-state index contributed by atoms with van der Waals surface area (Å²) >= 11 is 0. The summed E-state index contributed by atoms with van der Waals surface area (Å²) in [6.45, 7) is 3.65.